The van der Waals surface area contributed by atoms with Crippen LogP contribution in [0, 0.1) is 5.82 Å². The lowest BCUT2D eigenvalue weighted by molar-refractivity contribution is 0.0697. The highest BCUT2D eigenvalue weighted by Crippen LogP contribution is 2.41. The molecular weight excluding hydrogens is 285 g/mol. The molecule has 0 amide bonds. The molecule has 1 aliphatic rings. The number of benzene rings is 2. The minimum Gasteiger partial charge on any atom is -0.506 e. The van der Waals surface area contributed by atoms with Gasteiger partial charge in [0, 0.05) is 12.1 Å². The molecule has 0 atom stereocenters. The molecule has 114 valence electrons. The van der Waals surface area contributed by atoms with Crippen LogP contribution in [0.1, 0.15) is 40.2 Å². The van der Waals surface area contributed by atoms with Gasteiger partial charge in [0.2, 0.25) is 0 Å². The van der Waals surface area contributed by atoms with E-state index in [2.05, 4.69) is 5.32 Å². The molecule has 3 rings (SSSR count). The summed E-state index contributed by atoms with van der Waals surface area (Å²) in [5.74, 6) is -1.04. The monoisotopic (exact) mass is 301 g/mol. The average Bonchev–Trinajstić information content (AvgIpc) is 3.32. The van der Waals surface area contributed by atoms with Crippen molar-refractivity contribution in [3.8, 4) is 5.75 Å². The molecule has 0 aliphatic heterocycles. The highest BCUT2D eigenvalue weighted by molar-refractivity contribution is 5.89. The van der Waals surface area contributed by atoms with E-state index in [0.29, 0.717) is 11.5 Å². The molecule has 2 aromatic carbocycles. The summed E-state index contributed by atoms with van der Waals surface area (Å²) in [5.41, 5.74) is 1.58. The number of phenolic OH excluding ortho intramolecular Hbond substituents is 1. The van der Waals surface area contributed by atoms with Gasteiger partial charge in [0.25, 0.3) is 0 Å². The molecule has 5 heteroatoms. The van der Waals surface area contributed by atoms with Crippen LogP contribution >= 0.6 is 0 Å². The Morgan fingerprint density at radius 1 is 1.27 bits per heavy atom. The second kappa shape index (κ2) is 5.67. The van der Waals surface area contributed by atoms with Gasteiger partial charge >= 0.3 is 5.97 Å². The number of carbonyl (C=O) groups is 1. The molecule has 0 radical (unpaired) electrons. The summed E-state index contributed by atoms with van der Waals surface area (Å²) in [7, 11) is 0. The van der Waals surface area contributed by atoms with Gasteiger partial charge in [0.05, 0.1) is 11.3 Å². The van der Waals surface area contributed by atoms with Crippen LogP contribution in [0.2, 0.25) is 0 Å². The molecule has 2 aromatic rings. The quantitative estimate of drug-likeness (QED) is 0.736. The molecular formula is C17H16FNO3. The summed E-state index contributed by atoms with van der Waals surface area (Å²) < 4.78 is 14.4. The molecule has 0 spiro atoms. The van der Waals surface area contributed by atoms with Gasteiger partial charge in [-0.3, -0.25) is 0 Å². The number of anilines is 1. The Kier molecular flexibility index (Phi) is 3.71. The lowest BCUT2D eigenvalue weighted by Gasteiger charge is -2.11. The first kappa shape index (κ1) is 14.4. The van der Waals surface area contributed by atoms with Gasteiger partial charge < -0.3 is 15.5 Å². The van der Waals surface area contributed by atoms with Crippen molar-refractivity contribution in [2.75, 3.05) is 5.32 Å². The molecule has 1 fully saturated rings. The van der Waals surface area contributed by atoms with Gasteiger partial charge in [-0.15, -0.1) is 0 Å². The summed E-state index contributed by atoms with van der Waals surface area (Å²) in [6, 6.07) is 9.27. The van der Waals surface area contributed by atoms with Gasteiger partial charge in [-0.05, 0) is 42.5 Å². The highest BCUT2D eigenvalue weighted by atomic mass is 19.1. The van der Waals surface area contributed by atoms with E-state index in [1.165, 1.54) is 18.2 Å². The zero-order valence-corrected chi connectivity index (χ0v) is 11.8. The van der Waals surface area contributed by atoms with Crippen molar-refractivity contribution in [3.63, 3.8) is 0 Å². The third kappa shape index (κ3) is 2.88. The standard InChI is InChI=1S/C17H16FNO3/c18-16-12(2-1-3-13(16)10-4-5-10)9-19-14-8-11(17(21)22)6-7-15(14)20/h1-3,6-8,10,19-20H,4-5,9H2,(H,21,22). The zero-order valence-electron chi connectivity index (χ0n) is 11.8. The Hall–Kier alpha value is -2.56. The molecule has 0 aromatic heterocycles. The molecule has 1 aliphatic carbocycles. The average molecular weight is 301 g/mol. The highest BCUT2D eigenvalue weighted by Gasteiger charge is 2.27. The maximum atomic E-state index is 14.4. The van der Waals surface area contributed by atoms with Crippen molar-refractivity contribution in [3.05, 3.63) is 58.9 Å². The number of aromatic hydroxyl groups is 1. The van der Waals surface area contributed by atoms with Crippen LogP contribution in [0.3, 0.4) is 0 Å². The SMILES string of the molecule is O=C(O)c1ccc(O)c(NCc2cccc(C3CC3)c2F)c1. The minimum atomic E-state index is -1.08. The number of hydrogen-bond acceptors (Lipinski definition) is 3. The molecule has 1 saturated carbocycles. The lowest BCUT2D eigenvalue weighted by atomic mass is 10.1. The molecule has 4 nitrogen and oxygen atoms in total. The number of carboxylic acids is 1. The van der Waals surface area contributed by atoms with Crippen molar-refractivity contribution in [1.82, 2.24) is 0 Å². The van der Waals surface area contributed by atoms with Crippen LogP contribution in [0.25, 0.3) is 0 Å². The summed E-state index contributed by atoms with van der Waals surface area (Å²) in [6.45, 7) is 0.184. The van der Waals surface area contributed by atoms with E-state index in [-0.39, 0.29) is 29.4 Å². The summed E-state index contributed by atoms with van der Waals surface area (Å²) in [4.78, 5) is 10.9. The van der Waals surface area contributed by atoms with E-state index in [9.17, 15) is 14.3 Å². The Morgan fingerprint density at radius 3 is 2.73 bits per heavy atom. The van der Waals surface area contributed by atoms with Gasteiger partial charge in [0.15, 0.2) is 0 Å². The van der Waals surface area contributed by atoms with E-state index in [1.54, 1.807) is 12.1 Å². The fraction of sp³-hybridized carbons (Fsp3) is 0.235. The molecule has 0 saturated heterocycles. The van der Waals surface area contributed by atoms with Crippen LogP contribution < -0.4 is 5.32 Å². The molecule has 22 heavy (non-hydrogen) atoms. The Bertz CT molecular complexity index is 726. The van der Waals surface area contributed by atoms with E-state index in [4.69, 9.17) is 5.11 Å². The Balaban J connectivity index is 1.79. The molecule has 3 N–H and O–H groups in total. The second-order valence-corrected chi connectivity index (χ2v) is 5.49. The third-order valence-corrected chi connectivity index (χ3v) is 3.84. The predicted octanol–water partition coefficient (Wildman–Crippen LogP) is 3.72. The Labute approximate surface area is 127 Å². The van der Waals surface area contributed by atoms with Crippen molar-refractivity contribution in [2.45, 2.75) is 25.3 Å². The predicted molar refractivity (Wildman–Crippen MR) is 80.8 cm³/mol. The number of carboxylic acid groups (broad SMARTS) is 1. The van der Waals surface area contributed by atoms with Crippen LogP contribution in [0.5, 0.6) is 5.75 Å². The fourth-order valence-corrected chi connectivity index (χ4v) is 2.45. The molecule has 0 bridgehead atoms. The van der Waals surface area contributed by atoms with Crippen molar-refractivity contribution in [2.24, 2.45) is 0 Å². The van der Waals surface area contributed by atoms with Gasteiger partial charge in [0.1, 0.15) is 11.6 Å². The summed E-state index contributed by atoms with van der Waals surface area (Å²) in [6.07, 6.45) is 2.05. The van der Waals surface area contributed by atoms with Crippen LogP contribution in [-0.2, 0) is 6.54 Å². The summed E-state index contributed by atoms with van der Waals surface area (Å²) in [5, 5.41) is 21.6. The van der Waals surface area contributed by atoms with Crippen molar-refractivity contribution < 1.29 is 19.4 Å². The van der Waals surface area contributed by atoms with E-state index in [0.717, 1.165) is 18.4 Å². The first-order chi connectivity index (χ1) is 10.6. The van der Waals surface area contributed by atoms with E-state index in [1.807, 2.05) is 6.07 Å². The van der Waals surface area contributed by atoms with E-state index >= 15 is 0 Å². The minimum absolute atomic E-state index is 0.0625. The van der Waals surface area contributed by atoms with Crippen molar-refractivity contribution in [1.29, 1.82) is 0 Å². The van der Waals surface area contributed by atoms with Crippen LogP contribution in [0.15, 0.2) is 36.4 Å². The lowest BCUT2D eigenvalue weighted by Crippen LogP contribution is -2.05. The third-order valence-electron chi connectivity index (χ3n) is 3.84. The summed E-state index contributed by atoms with van der Waals surface area (Å²) >= 11 is 0. The van der Waals surface area contributed by atoms with Crippen LogP contribution in [0.4, 0.5) is 10.1 Å². The number of aromatic carboxylic acids is 1. The second-order valence-electron chi connectivity index (χ2n) is 5.49. The normalized spacial score (nSPS) is 13.9. The van der Waals surface area contributed by atoms with Crippen LogP contribution in [-0.4, -0.2) is 16.2 Å². The Morgan fingerprint density at radius 2 is 2.05 bits per heavy atom. The molecule has 0 unspecified atom stereocenters. The number of nitrogens with one attached hydrogen (secondary N) is 1. The maximum Gasteiger partial charge on any atom is 0.335 e. The molecule has 0 heterocycles. The maximum absolute atomic E-state index is 14.4. The zero-order chi connectivity index (χ0) is 15.7. The number of halogens is 1. The number of rotatable bonds is 5. The smallest absolute Gasteiger partial charge is 0.335 e. The number of hydrogen-bond donors (Lipinski definition) is 3. The van der Waals surface area contributed by atoms with Crippen molar-refractivity contribution >= 4 is 11.7 Å². The van der Waals surface area contributed by atoms with Gasteiger partial charge in [-0.1, -0.05) is 18.2 Å². The fourth-order valence-electron chi connectivity index (χ4n) is 2.45. The van der Waals surface area contributed by atoms with E-state index < -0.39 is 5.97 Å². The largest absolute Gasteiger partial charge is 0.506 e. The first-order valence-corrected chi connectivity index (χ1v) is 7.13. The number of phenols is 1. The van der Waals surface area contributed by atoms with Gasteiger partial charge in [-0.2, -0.15) is 0 Å². The van der Waals surface area contributed by atoms with Gasteiger partial charge in [-0.25, -0.2) is 9.18 Å². The first-order valence-electron chi connectivity index (χ1n) is 7.13. The topological polar surface area (TPSA) is 69.6 Å².